The Labute approximate surface area is 93.5 Å². The van der Waals surface area contributed by atoms with Crippen LogP contribution in [0.4, 0.5) is 5.13 Å². The maximum absolute atomic E-state index is 10.8. The molecule has 0 saturated carbocycles. The Morgan fingerprint density at radius 3 is 3.08 bits per heavy atom. The third kappa shape index (κ3) is 2.91. The number of thiazole rings is 1. The summed E-state index contributed by atoms with van der Waals surface area (Å²) in [6.07, 6.45) is 1.58. The van der Waals surface area contributed by atoms with Gasteiger partial charge in [0.1, 0.15) is 4.88 Å². The van der Waals surface area contributed by atoms with E-state index in [4.69, 9.17) is 0 Å². The molecule has 1 aromatic heterocycles. The zero-order valence-electron chi connectivity index (χ0n) is 6.08. The minimum absolute atomic E-state index is 0.0315. The number of carbonyl (C=O) groups excluding carboxylic acids is 1. The molecule has 1 aromatic rings. The van der Waals surface area contributed by atoms with Crippen LogP contribution in [0.3, 0.4) is 0 Å². The van der Waals surface area contributed by atoms with Gasteiger partial charge in [-0.05, 0) is 0 Å². The first-order valence-electron chi connectivity index (χ1n) is 3.24. The first-order valence-corrected chi connectivity index (χ1v) is 5.77. The lowest BCUT2D eigenvalue weighted by molar-refractivity contribution is 0.110. The molecule has 0 aliphatic rings. The van der Waals surface area contributed by atoms with Crippen LogP contribution >= 0.6 is 46.6 Å². The van der Waals surface area contributed by atoms with Crippen molar-refractivity contribution in [3.63, 3.8) is 0 Å². The van der Waals surface area contributed by atoms with Gasteiger partial charge in [0, 0.05) is 34.9 Å². The molecule has 0 aromatic carbocycles. The van der Waals surface area contributed by atoms with Crippen molar-refractivity contribution in [2.75, 3.05) is 17.6 Å². The quantitative estimate of drug-likeness (QED) is 0.508. The maximum atomic E-state index is 10.8. The van der Waals surface area contributed by atoms with Crippen LogP contribution in [-0.4, -0.2) is 21.1 Å². The van der Waals surface area contributed by atoms with Crippen LogP contribution < -0.4 is 5.32 Å². The first kappa shape index (κ1) is 10.3. The molecular formula is C6H7IN2OS2. The molecule has 66 valence electrons. The first-order chi connectivity index (χ1) is 5.74. The van der Waals surface area contributed by atoms with E-state index in [0.29, 0.717) is 4.88 Å². The maximum Gasteiger partial charge on any atom is 0.233 e. The largest absolute Gasteiger partial charge is 0.361 e. The SMILES string of the molecule is O=C(I)c1cnc(NCCS)s1. The van der Waals surface area contributed by atoms with Crippen molar-refractivity contribution in [2.24, 2.45) is 0 Å². The predicted octanol–water partition coefficient (Wildman–Crippen LogP) is 2.06. The van der Waals surface area contributed by atoms with E-state index in [-0.39, 0.29) is 3.79 Å². The van der Waals surface area contributed by atoms with Gasteiger partial charge < -0.3 is 5.32 Å². The van der Waals surface area contributed by atoms with Gasteiger partial charge in [0.2, 0.25) is 3.79 Å². The molecule has 6 heteroatoms. The number of thiol groups is 1. The normalized spacial score (nSPS) is 9.83. The number of rotatable bonds is 4. The summed E-state index contributed by atoms with van der Waals surface area (Å²) in [4.78, 5) is 15.5. The van der Waals surface area contributed by atoms with Crippen molar-refractivity contribution in [3.05, 3.63) is 11.1 Å². The van der Waals surface area contributed by atoms with Gasteiger partial charge in [0.05, 0.1) is 6.20 Å². The minimum Gasteiger partial charge on any atom is -0.361 e. The highest BCUT2D eigenvalue weighted by atomic mass is 127. The molecule has 0 fully saturated rings. The fourth-order valence-corrected chi connectivity index (χ4v) is 1.86. The summed E-state index contributed by atoms with van der Waals surface area (Å²) >= 11 is 7.16. The molecule has 0 bridgehead atoms. The number of hydrogen-bond acceptors (Lipinski definition) is 5. The number of nitrogens with zero attached hydrogens (tertiary/aromatic N) is 1. The summed E-state index contributed by atoms with van der Waals surface area (Å²) in [5.41, 5.74) is 0. The summed E-state index contributed by atoms with van der Waals surface area (Å²) in [7, 11) is 0. The van der Waals surface area contributed by atoms with Gasteiger partial charge in [-0.25, -0.2) is 4.98 Å². The van der Waals surface area contributed by atoms with Crippen molar-refractivity contribution in [2.45, 2.75) is 0 Å². The molecule has 12 heavy (non-hydrogen) atoms. The van der Waals surface area contributed by atoms with E-state index < -0.39 is 0 Å². The second kappa shape index (κ2) is 5.03. The Kier molecular flexibility index (Phi) is 4.30. The molecule has 0 saturated heterocycles. The van der Waals surface area contributed by atoms with Crippen LogP contribution in [0.1, 0.15) is 9.67 Å². The molecule has 0 radical (unpaired) electrons. The van der Waals surface area contributed by atoms with E-state index in [2.05, 4.69) is 22.9 Å². The Morgan fingerprint density at radius 2 is 2.58 bits per heavy atom. The van der Waals surface area contributed by atoms with Gasteiger partial charge in [-0.1, -0.05) is 11.3 Å². The van der Waals surface area contributed by atoms with Gasteiger partial charge in [0.25, 0.3) is 0 Å². The number of nitrogens with one attached hydrogen (secondary N) is 1. The number of halogens is 1. The predicted molar refractivity (Wildman–Crippen MR) is 62.8 cm³/mol. The van der Waals surface area contributed by atoms with Gasteiger partial charge >= 0.3 is 0 Å². The lowest BCUT2D eigenvalue weighted by atomic mass is 10.6. The number of aromatic nitrogens is 1. The van der Waals surface area contributed by atoms with Crippen LogP contribution in [0.2, 0.25) is 0 Å². The summed E-state index contributed by atoms with van der Waals surface area (Å²) in [5.74, 6) is 0.757. The molecule has 0 aliphatic heterocycles. The molecule has 3 nitrogen and oxygen atoms in total. The van der Waals surface area contributed by atoms with Crippen LogP contribution in [0.5, 0.6) is 0 Å². The topological polar surface area (TPSA) is 42.0 Å². The van der Waals surface area contributed by atoms with Crippen molar-refractivity contribution in [1.82, 2.24) is 4.98 Å². The van der Waals surface area contributed by atoms with E-state index >= 15 is 0 Å². The molecule has 1 heterocycles. The second-order valence-corrected chi connectivity index (χ2v) is 4.41. The van der Waals surface area contributed by atoms with Crippen LogP contribution in [-0.2, 0) is 0 Å². The average Bonchev–Trinajstić information content (AvgIpc) is 2.48. The van der Waals surface area contributed by atoms with Gasteiger partial charge in [0.15, 0.2) is 5.13 Å². The molecule has 0 spiro atoms. The Hall–Kier alpha value is 0.180. The summed E-state index contributed by atoms with van der Waals surface area (Å²) in [5, 5.41) is 3.83. The zero-order valence-corrected chi connectivity index (χ0v) is 9.95. The van der Waals surface area contributed by atoms with Crippen molar-refractivity contribution >= 4 is 55.5 Å². The van der Waals surface area contributed by atoms with Gasteiger partial charge in [-0.3, -0.25) is 4.79 Å². The van der Waals surface area contributed by atoms with Crippen LogP contribution in [0.15, 0.2) is 6.20 Å². The molecule has 1 N–H and O–H groups in total. The smallest absolute Gasteiger partial charge is 0.233 e. The van der Waals surface area contributed by atoms with Crippen molar-refractivity contribution in [1.29, 1.82) is 0 Å². The Balaban J connectivity index is 2.58. The molecule has 1 rings (SSSR count). The van der Waals surface area contributed by atoms with Crippen molar-refractivity contribution < 1.29 is 4.79 Å². The van der Waals surface area contributed by atoms with E-state index in [1.54, 1.807) is 28.8 Å². The third-order valence-electron chi connectivity index (χ3n) is 1.09. The van der Waals surface area contributed by atoms with E-state index in [0.717, 1.165) is 17.4 Å². The highest BCUT2D eigenvalue weighted by Gasteiger charge is 2.05. The molecule has 0 aliphatic carbocycles. The number of hydrogen-bond donors (Lipinski definition) is 2. The monoisotopic (exact) mass is 314 g/mol. The Bertz CT molecular complexity index is 276. The van der Waals surface area contributed by atoms with Gasteiger partial charge in [-0.15, -0.1) is 0 Å². The summed E-state index contributed by atoms with van der Waals surface area (Å²) in [6.45, 7) is 0.769. The lowest BCUT2D eigenvalue weighted by Gasteiger charge is -1.95. The minimum atomic E-state index is 0.0315. The molecular weight excluding hydrogens is 307 g/mol. The van der Waals surface area contributed by atoms with E-state index in [1.165, 1.54) is 11.3 Å². The fraction of sp³-hybridized carbons (Fsp3) is 0.333. The summed E-state index contributed by atoms with van der Waals surface area (Å²) < 4.78 is 0.0315. The zero-order chi connectivity index (χ0) is 8.97. The molecule has 0 atom stereocenters. The lowest BCUT2D eigenvalue weighted by Crippen LogP contribution is -2.01. The highest BCUT2D eigenvalue weighted by Crippen LogP contribution is 2.19. The molecule has 0 amide bonds. The molecule has 0 unspecified atom stereocenters. The van der Waals surface area contributed by atoms with E-state index in [9.17, 15) is 4.79 Å². The number of carbonyl (C=O) groups is 1. The average molecular weight is 314 g/mol. The van der Waals surface area contributed by atoms with Crippen LogP contribution in [0, 0.1) is 0 Å². The third-order valence-corrected chi connectivity index (χ3v) is 3.21. The fourth-order valence-electron chi connectivity index (χ4n) is 0.610. The van der Waals surface area contributed by atoms with Crippen LogP contribution in [0.25, 0.3) is 0 Å². The van der Waals surface area contributed by atoms with Crippen molar-refractivity contribution in [3.8, 4) is 0 Å². The number of anilines is 1. The summed E-state index contributed by atoms with van der Waals surface area (Å²) in [6, 6.07) is 0. The Morgan fingerprint density at radius 1 is 1.83 bits per heavy atom. The standard InChI is InChI=1S/C6H7IN2OS2/c7-5(10)4-3-9-6(12-4)8-1-2-11/h3,11H,1-2H2,(H,8,9). The van der Waals surface area contributed by atoms with E-state index in [1.807, 2.05) is 0 Å². The van der Waals surface area contributed by atoms with Gasteiger partial charge in [-0.2, -0.15) is 12.6 Å². The second-order valence-electron chi connectivity index (χ2n) is 1.95. The highest BCUT2D eigenvalue weighted by molar-refractivity contribution is 14.1.